The minimum atomic E-state index is 0.830. The molecular formula is C19H18N4O. The molecule has 0 saturated heterocycles. The summed E-state index contributed by atoms with van der Waals surface area (Å²) >= 11 is 0. The van der Waals surface area contributed by atoms with Gasteiger partial charge in [-0.15, -0.1) is 0 Å². The van der Waals surface area contributed by atoms with Crippen molar-refractivity contribution in [2.45, 2.75) is 20.3 Å². The van der Waals surface area contributed by atoms with Crippen molar-refractivity contribution in [1.29, 1.82) is 0 Å². The van der Waals surface area contributed by atoms with Gasteiger partial charge in [0.05, 0.1) is 24.0 Å². The van der Waals surface area contributed by atoms with Crippen molar-refractivity contribution in [1.82, 2.24) is 19.4 Å². The lowest BCUT2D eigenvalue weighted by Crippen LogP contribution is -2.00. The molecule has 5 nitrogen and oxygen atoms in total. The van der Waals surface area contributed by atoms with Crippen molar-refractivity contribution in [2.75, 3.05) is 7.11 Å². The molecule has 1 aromatic carbocycles. The van der Waals surface area contributed by atoms with E-state index >= 15 is 0 Å². The van der Waals surface area contributed by atoms with Crippen LogP contribution in [0.15, 0.2) is 42.6 Å². The fourth-order valence-electron chi connectivity index (χ4n) is 3.10. The van der Waals surface area contributed by atoms with Gasteiger partial charge < -0.3 is 4.74 Å². The summed E-state index contributed by atoms with van der Waals surface area (Å²) in [5, 5.41) is 0. The van der Waals surface area contributed by atoms with Crippen LogP contribution in [0.5, 0.6) is 5.75 Å². The number of aromatic nitrogens is 4. The molecule has 0 atom stereocenters. The molecule has 0 N–H and O–H groups in total. The number of methoxy groups -OCH3 is 1. The third-order valence-electron chi connectivity index (χ3n) is 4.24. The molecule has 0 saturated carbocycles. The number of pyridine rings is 1. The van der Waals surface area contributed by atoms with Gasteiger partial charge in [0.25, 0.3) is 0 Å². The Bertz CT molecular complexity index is 1030. The number of benzene rings is 1. The molecule has 120 valence electrons. The zero-order valence-electron chi connectivity index (χ0n) is 13.9. The standard InChI is InChI=1S/C19H18N4O/c1-4-16-21-12(2)18-17(13-7-9-14(24-3)10-8-13)22-15-6-5-11-20-19(15)23(16)18/h5-11H,4H2,1-3H3. The maximum atomic E-state index is 5.26. The first-order valence-corrected chi connectivity index (χ1v) is 8.00. The molecule has 0 amide bonds. The highest BCUT2D eigenvalue weighted by Gasteiger charge is 2.17. The second-order valence-corrected chi connectivity index (χ2v) is 5.69. The predicted octanol–water partition coefficient (Wildman–Crippen LogP) is 3.82. The summed E-state index contributed by atoms with van der Waals surface area (Å²) in [5.41, 5.74) is 5.66. The third-order valence-corrected chi connectivity index (χ3v) is 4.24. The molecule has 24 heavy (non-hydrogen) atoms. The van der Waals surface area contributed by atoms with Gasteiger partial charge in [0.2, 0.25) is 0 Å². The minimum absolute atomic E-state index is 0.830. The largest absolute Gasteiger partial charge is 0.497 e. The molecule has 4 rings (SSSR count). The Morgan fingerprint density at radius 2 is 1.88 bits per heavy atom. The summed E-state index contributed by atoms with van der Waals surface area (Å²) in [6.07, 6.45) is 2.64. The normalized spacial score (nSPS) is 11.3. The first kappa shape index (κ1) is 14.6. The number of ether oxygens (including phenoxy) is 1. The van der Waals surface area contributed by atoms with Crippen molar-refractivity contribution in [3.63, 3.8) is 0 Å². The molecule has 0 radical (unpaired) electrons. The Labute approximate surface area is 140 Å². The van der Waals surface area contributed by atoms with E-state index in [1.165, 1.54) is 0 Å². The van der Waals surface area contributed by atoms with Gasteiger partial charge in [0.1, 0.15) is 17.1 Å². The molecule has 0 fully saturated rings. The Hall–Kier alpha value is -2.95. The van der Waals surface area contributed by atoms with E-state index in [0.717, 1.165) is 51.6 Å². The summed E-state index contributed by atoms with van der Waals surface area (Å²) < 4.78 is 7.40. The van der Waals surface area contributed by atoms with Gasteiger partial charge in [-0.05, 0) is 43.3 Å². The van der Waals surface area contributed by atoms with Crippen molar-refractivity contribution in [2.24, 2.45) is 0 Å². The average Bonchev–Trinajstić information content (AvgIpc) is 2.98. The highest BCUT2D eigenvalue weighted by Crippen LogP contribution is 2.30. The van der Waals surface area contributed by atoms with Gasteiger partial charge in [-0.1, -0.05) is 6.92 Å². The quantitative estimate of drug-likeness (QED) is 0.576. The van der Waals surface area contributed by atoms with Crippen LogP contribution in [0.2, 0.25) is 0 Å². The molecular weight excluding hydrogens is 300 g/mol. The van der Waals surface area contributed by atoms with Gasteiger partial charge in [-0.2, -0.15) is 0 Å². The molecule has 0 unspecified atom stereocenters. The van der Waals surface area contributed by atoms with Crippen molar-refractivity contribution in [3.05, 3.63) is 54.1 Å². The van der Waals surface area contributed by atoms with Crippen LogP contribution in [0, 0.1) is 6.92 Å². The second-order valence-electron chi connectivity index (χ2n) is 5.69. The lowest BCUT2D eigenvalue weighted by molar-refractivity contribution is 0.415. The molecule has 3 heterocycles. The molecule has 0 spiro atoms. The van der Waals surface area contributed by atoms with E-state index in [4.69, 9.17) is 14.7 Å². The van der Waals surface area contributed by atoms with Gasteiger partial charge in [0.15, 0.2) is 5.65 Å². The Kier molecular flexibility index (Phi) is 3.41. The van der Waals surface area contributed by atoms with Crippen LogP contribution in [0.1, 0.15) is 18.4 Å². The second kappa shape index (κ2) is 5.60. The highest BCUT2D eigenvalue weighted by molar-refractivity contribution is 5.87. The number of fused-ring (bicyclic) bond motifs is 3. The number of nitrogens with zero attached hydrogens (tertiary/aromatic N) is 4. The summed E-state index contributed by atoms with van der Waals surface area (Å²) in [6, 6.07) is 11.9. The number of rotatable bonds is 3. The number of imidazole rings is 1. The molecule has 4 aromatic rings. The van der Waals surface area contributed by atoms with E-state index in [1.54, 1.807) is 13.3 Å². The molecule has 0 aliphatic heterocycles. The number of hydrogen-bond acceptors (Lipinski definition) is 4. The molecule has 0 aliphatic rings. The maximum absolute atomic E-state index is 5.26. The Morgan fingerprint density at radius 1 is 1.08 bits per heavy atom. The van der Waals surface area contributed by atoms with Gasteiger partial charge in [-0.25, -0.2) is 15.0 Å². The molecule has 0 bridgehead atoms. The van der Waals surface area contributed by atoms with E-state index in [2.05, 4.69) is 16.3 Å². The zero-order valence-corrected chi connectivity index (χ0v) is 13.9. The highest BCUT2D eigenvalue weighted by atomic mass is 16.5. The Morgan fingerprint density at radius 3 is 2.58 bits per heavy atom. The number of aryl methyl sites for hydroxylation is 2. The first-order valence-electron chi connectivity index (χ1n) is 8.00. The van der Waals surface area contributed by atoms with Crippen molar-refractivity contribution in [3.8, 4) is 17.0 Å². The fraction of sp³-hybridized carbons (Fsp3) is 0.211. The summed E-state index contributed by atoms with van der Waals surface area (Å²) in [4.78, 5) is 14.1. The summed E-state index contributed by atoms with van der Waals surface area (Å²) in [7, 11) is 1.67. The van der Waals surface area contributed by atoms with Crippen LogP contribution in [0.4, 0.5) is 0 Å². The molecule has 5 heteroatoms. The number of hydrogen-bond donors (Lipinski definition) is 0. The van der Waals surface area contributed by atoms with Crippen LogP contribution in [-0.4, -0.2) is 26.5 Å². The van der Waals surface area contributed by atoms with E-state index in [1.807, 2.05) is 43.3 Å². The van der Waals surface area contributed by atoms with Gasteiger partial charge >= 0.3 is 0 Å². The third kappa shape index (κ3) is 2.12. The van der Waals surface area contributed by atoms with E-state index in [9.17, 15) is 0 Å². The van der Waals surface area contributed by atoms with Gasteiger partial charge in [0, 0.05) is 18.2 Å². The average molecular weight is 318 g/mol. The van der Waals surface area contributed by atoms with Crippen LogP contribution in [0.25, 0.3) is 27.9 Å². The smallest absolute Gasteiger partial charge is 0.164 e. The van der Waals surface area contributed by atoms with Crippen LogP contribution in [0.3, 0.4) is 0 Å². The van der Waals surface area contributed by atoms with Crippen molar-refractivity contribution >= 4 is 16.7 Å². The SMILES string of the molecule is CCc1nc(C)c2c(-c3ccc(OC)cc3)nc3cccnc3n12. The molecule has 0 aliphatic carbocycles. The first-order chi connectivity index (χ1) is 11.7. The summed E-state index contributed by atoms with van der Waals surface area (Å²) in [6.45, 7) is 4.13. The summed E-state index contributed by atoms with van der Waals surface area (Å²) in [5.74, 6) is 1.83. The van der Waals surface area contributed by atoms with Crippen LogP contribution >= 0.6 is 0 Å². The van der Waals surface area contributed by atoms with Crippen LogP contribution < -0.4 is 4.74 Å². The van der Waals surface area contributed by atoms with E-state index in [-0.39, 0.29) is 0 Å². The van der Waals surface area contributed by atoms with Crippen molar-refractivity contribution < 1.29 is 4.74 Å². The topological polar surface area (TPSA) is 52.3 Å². The zero-order chi connectivity index (χ0) is 16.7. The van der Waals surface area contributed by atoms with E-state index < -0.39 is 0 Å². The van der Waals surface area contributed by atoms with Crippen LogP contribution in [-0.2, 0) is 6.42 Å². The fourth-order valence-corrected chi connectivity index (χ4v) is 3.10. The monoisotopic (exact) mass is 318 g/mol. The minimum Gasteiger partial charge on any atom is -0.497 e. The maximum Gasteiger partial charge on any atom is 0.164 e. The van der Waals surface area contributed by atoms with E-state index in [0.29, 0.717) is 0 Å². The lowest BCUT2D eigenvalue weighted by atomic mass is 10.1. The van der Waals surface area contributed by atoms with Gasteiger partial charge in [-0.3, -0.25) is 4.40 Å². The lowest BCUT2D eigenvalue weighted by Gasteiger charge is -2.10. The molecule has 3 aromatic heterocycles. The predicted molar refractivity (Wildman–Crippen MR) is 94.4 cm³/mol. The Balaban J connectivity index is 2.11.